The first kappa shape index (κ1) is 47.0. The molecule has 0 aliphatic carbocycles. The number of rotatable bonds is 33. The summed E-state index contributed by atoms with van der Waals surface area (Å²) >= 11 is 0. The monoisotopic (exact) mass is 800 g/mol. The van der Waals surface area contributed by atoms with Gasteiger partial charge in [0.15, 0.2) is 0 Å². The van der Waals surface area contributed by atoms with Gasteiger partial charge >= 0.3 is 23.9 Å². The number of carbonyl (C=O) groups is 8. The van der Waals surface area contributed by atoms with E-state index in [1.807, 2.05) is 21.6 Å². The van der Waals surface area contributed by atoms with Crippen LogP contribution in [0.3, 0.4) is 0 Å². The van der Waals surface area contributed by atoms with Crippen LogP contribution in [-0.4, -0.2) is 82.4 Å². The summed E-state index contributed by atoms with van der Waals surface area (Å²) in [7, 11) is 3.99. The third-order valence-electron chi connectivity index (χ3n) is 8.82. The summed E-state index contributed by atoms with van der Waals surface area (Å²) in [6, 6.07) is 0. The van der Waals surface area contributed by atoms with Gasteiger partial charge in [-0.25, -0.2) is 9.59 Å². The largest absolute Gasteiger partial charge is 0.466 e. The molecular formula is C38H60N2O12S2. The molecule has 2 fully saturated rings. The quantitative estimate of drug-likeness (QED) is 0.0280. The molecule has 0 saturated carbocycles. The Balaban J connectivity index is 1.21. The summed E-state index contributed by atoms with van der Waals surface area (Å²) in [5.74, 6) is -2.34. The number of amides is 4. The number of nitrogens with zero attached hydrogens (tertiary/aromatic N) is 2. The molecule has 0 atom stereocenters. The van der Waals surface area contributed by atoms with Gasteiger partial charge in [-0.15, -0.1) is 10.1 Å². The molecule has 0 aromatic heterocycles. The minimum atomic E-state index is -0.800. The predicted octanol–water partition coefficient (Wildman–Crippen LogP) is 7.25. The number of hydroxylamine groups is 4. The van der Waals surface area contributed by atoms with Crippen LogP contribution in [0.1, 0.15) is 167 Å². The molecule has 54 heavy (non-hydrogen) atoms. The Morgan fingerprint density at radius 2 is 0.648 bits per heavy atom. The molecule has 0 spiro atoms. The van der Waals surface area contributed by atoms with E-state index in [0.717, 1.165) is 38.5 Å². The lowest BCUT2D eigenvalue weighted by Gasteiger charge is -2.12. The molecule has 306 valence electrons. The van der Waals surface area contributed by atoms with Crippen molar-refractivity contribution >= 4 is 69.1 Å². The number of ether oxygens (including phenoxy) is 2. The van der Waals surface area contributed by atoms with E-state index in [9.17, 15) is 38.4 Å². The van der Waals surface area contributed by atoms with Gasteiger partial charge in [0.1, 0.15) is 0 Å². The SMILES string of the molecule is O=C(CCC(=O)ON1C(=O)CCC1=O)OCCCCCCCCCCCSSCCCCCCCCCCCOC(=O)CCC(=O)ON1C(=O)CCC1=O. The molecular weight excluding hydrogens is 741 g/mol. The van der Waals surface area contributed by atoms with Gasteiger partial charge in [0.2, 0.25) is 0 Å². The second-order valence-corrected chi connectivity index (χ2v) is 16.2. The zero-order valence-corrected chi connectivity index (χ0v) is 33.5. The molecule has 2 rings (SSSR count). The van der Waals surface area contributed by atoms with Crippen LogP contribution in [-0.2, 0) is 57.5 Å². The average Bonchev–Trinajstić information content (AvgIpc) is 3.64. The molecule has 0 radical (unpaired) electrons. The highest BCUT2D eigenvalue weighted by atomic mass is 33.1. The van der Waals surface area contributed by atoms with Crippen LogP contribution in [0.25, 0.3) is 0 Å². The molecule has 4 amide bonds. The number of hydrogen-bond donors (Lipinski definition) is 0. The lowest BCUT2D eigenvalue weighted by atomic mass is 10.1. The van der Waals surface area contributed by atoms with Crippen molar-refractivity contribution in [2.75, 3.05) is 24.7 Å². The van der Waals surface area contributed by atoms with E-state index in [-0.39, 0.29) is 51.4 Å². The Kier molecular flexibility index (Phi) is 26.2. The van der Waals surface area contributed by atoms with E-state index >= 15 is 0 Å². The van der Waals surface area contributed by atoms with Crippen LogP contribution >= 0.6 is 21.6 Å². The Morgan fingerprint density at radius 1 is 0.389 bits per heavy atom. The summed E-state index contributed by atoms with van der Waals surface area (Å²) in [5, 5.41) is 0.957. The van der Waals surface area contributed by atoms with Crippen LogP contribution in [0.4, 0.5) is 0 Å². The van der Waals surface area contributed by atoms with Gasteiger partial charge in [-0.1, -0.05) is 111 Å². The molecule has 0 N–H and O–H groups in total. The summed E-state index contributed by atoms with van der Waals surface area (Å²) in [6.07, 6.45) is 20.1. The maximum Gasteiger partial charge on any atom is 0.333 e. The van der Waals surface area contributed by atoms with Gasteiger partial charge in [0, 0.05) is 37.2 Å². The highest BCUT2D eigenvalue weighted by Crippen LogP contribution is 2.25. The van der Waals surface area contributed by atoms with Crippen molar-refractivity contribution in [1.82, 2.24) is 10.1 Å². The van der Waals surface area contributed by atoms with Crippen molar-refractivity contribution < 1.29 is 57.5 Å². The minimum absolute atomic E-state index is 0.0304. The summed E-state index contributed by atoms with van der Waals surface area (Å²) in [6.45, 7) is 0.647. The second-order valence-electron chi connectivity index (χ2n) is 13.5. The van der Waals surface area contributed by atoms with Crippen molar-refractivity contribution in [2.24, 2.45) is 0 Å². The van der Waals surface area contributed by atoms with Crippen molar-refractivity contribution in [2.45, 2.75) is 167 Å². The number of hydrogen-bond acceptors (Lipinski definition) is 14. The Bertz CT molecular complexity index is 1080. The molecule has 2 heterocycles. The second kappa shape index (κ2) is 30.1. The molecule has 2 aliphatic heterocycles. The normalized spacial score (nSPS) is 14.2. The molecule has 0 aromatic rings. The molecule has 0 bridgehead atoms. The fraction of sp³-hybridized carbons (Fsp3) is 0.789. The first-order chi connectivity index (χ1) is 26.2. The zero-order valence-electron chi connectivity index (χ0n) is 31.8. The summed E-state index contributed by atoms with van der Waals surface area (Å²) in [4.78, 5) is 102. The minimum Gasteiger partial charge on any atom is -0.466 e. The van der Waals surface area contributed by atoms with Gasteiger partial charge in [0.05, 0.1) is 38.9 Å². The van der Waals surface area contributed by atoms with Gasteiger partial charge in [-0.2, -0.15) is 0 Å². The van der Waals surface area contributed by atoms with Crippen molar-refractivity contribution in [1.29, 1.82) is 0 Å². The molecule has 14 nitrogen and oxygen atoms in total. The first-order valence-corrected chi connectivity index (χ1v) is 22.3. The molecule has 2 saturated heterocycles. The maximum atomic E-state index is 11.8. The van der Waals surface area contributed by atoms with Gasteiger partial charge in [-0.05, 0) is 25.7 Å². The van der Waals surface area contributed by atoms with Crippen LogP contribution in [0, 0.1) is 0 Å². The molecule has 16 heteroatoms. The molecule has 0 aromatic carbocycles. The van der Waals surface area contributed by atoms with E-state index in [1.165, 1.54) is 88.6 Å². The fourth-order valence-electron chi connectivity index (χ4n) is 5.65. The summed E-state index contributed by atoms with van der Waals surface area (Å²) in [5.41, 5.74) is 0. The first-order valence-electron chi connectivity index (χ1n) is 19.9. The maximum absolute atomic E-state index is 11.8. The third kappa shape index (κ3) is 22.9. The third-order valence-corrected chi connectivity index (χ3v) is 11.4. The van der Waals surface area contributed by atoms with Gasteiger partial charge in [-0.3, -0.25) is 28.8 Å². The number of carbonyl (C=O) groups excluding carboxylic acids is 8. The Morgan fingerprint density at radius 3 is 0.963 bits per heavy atom. The molecule has 0 unspecified atom stereocenters. The van der Waals surface area contributed by atoms with Crippen molar-refractivity contribution in [3.05, 3.63) is 0 Å². The lowest BCUT2D eigenvalue weighted by Crippen LogP contribution is -2.32. The van der Waals surface area contributed by atoms with Gasteiger partial charge in [0.25, 0.3) is 23.6 Å². The van der Waals surface area contributed by atoms with Crippen LogP contribution < -0.4 is 0 Å². The Labute approximate surface area is 327 Å². The number of unbranched alkanes of at least 4 members (excludes halogenated alkanes) is 16. The summed E-state index contributed by atoms with van der Waals surface area (Å²) < 4.78 is 10.3. The van der Waals surface area contributed by atoms with Crippen LogP contribution in [0.5, 0.6) is 0 Å². The number of imide groups is 2. The fourth-order valence-corrected chi connectivity index (χ4v) is 7.95. The topological polar surface area (TPSA) is 180 Å². The average molecular weight is 801 g/mol. The van der Waals surface area contributed by atoms with E-state index in [2.05, 4.69) is 0 Å². The highest BCUT2D eigenvalue weighted by Gasteiger charge is 2.33. The lowest BCUT2D eigenvalue weighted by molar-refractivity contribution is -0.197. The standard InChI is InChI=1S/C38H60N2O12S2/c41-31-19-20-32(42)39(31)51-37(47)25-23-35(45)49-27-15-11-7-3-1-5-9-13-17-29-53-54-30-18-14-10-6-2-4-8-12-16-28-50-36(46)24-26-38(48)52-40-33(43)21-22-34(40)44/h1-30H2. The molecule has 2 aliphatic rings. The van der Waals surface area contributed by atoms with Crippen LogP contribution in [0.15, 0.2) is 0 Å². The predicted molar refractivity (Wildman–Crippen MR) is 203 cm³/mol. The smallest absolute Gasteiger partial charge is 0.333 e. The zero-order chi connectivity index (χ0) is 39.2. The van der Waals surface area contributed by atoms with E-state index in [4.69, 9.17) is 19.1 Å². The van der Waals surface area contributed by atoms with Gasteiger partial charge < -0.3 is 19.1 Å². The van der Waals surface area contributed by atoms with E-state index < -0.39 is 47.5 Å². The van der Waals surface area contributed by atoms with Crippen molar-refractivity contribution in [3.63, 3.8) is 0 Å². The van der Waals surface area contributed by atoms with Crippen molar-refractivity contribution in [3.8, 4) is 0 Å². The van der Waals surface area contributed by atoms with E-state index in [0.29, 0.717) is 23.3 Å². The highest BCUT2D eigenvalue weighted by molar-refractivity contribution is 8.76. The Hall–Kier alpha value is -3.14. The number of esters is 2. The van der Waals surface area contributed by atoms with E-state index in [1.54, 1.807) is 0 Å². The van der Waals surface area contributed by atoms with Crippen LogP contribution in [0.2, 0.25) is 0 Å².